The second-order valence-electron chi connectivity index (χ2n) is 4.59. The molecule has 0 radical (unpaired) electrons. The van der Waals surface area contributed by atoms with Gasteiger partial charge in [-0.15, -0.1) is 0 Å². The summed E-state index contributed by atoms with van der Waals surface area (Å²) in [5.41, 5.74) is 2.97. The van der Waals surface area contributed by atoms with Crippen molar-refractivity contribution in [3.63, 3.8) is 0 Å². The first-order valence-electron chi connectivity index (χ1n) is 6.00. The van der Waals surface area contributed by atoms with Crippen LogP contribution in [0.5, 0.6) is 0 Å². The molecule has 2 rings (SSSR count). The molecule has 0 spiro atoms. The van der Waals surface area contributed by atoms with E-state index in [0.29, 0.717) is 22.7 Å². The molecule has 0 aliphatic rings. The summed E-state index contributed by atoms with van der Waals surface area (Å²) in [6, 6.07) is 7.40. The predicted octanol–water partition coefficient (Wildman–Crippen LogP) is 2.61. The Morgan fingerprint density at radius 2 is 1.84 bits per heavy atom. The van der Waals surface area contributed by atoms with Gasteiger partial charge in [0.1, 0.15) is 11.4 Å². The number of aromatic nitrogens is 1. The number of hydrogen-bond acceptors (Lipinski definition) is 4. The average molecular weight is 259 g/mol. The van der Waals surface area contributed by atoms with Crippen LogP contribution in [0.1, 0.15) is 21.8 Å². The second-order valence-corrected chi connectivity index (χ2v) is 4.59. The van der Waals surface area contributed by atoms with Gasteiger partial charge in [0.25, 0.3) is 5.91 Å². The van der Waals surface area contributed by atoms with Gasteiger partial charge in [-0.2, -0.15) is 0 Å². The Labute approximate surface area is 112 Å². The second kappa shape index (κ2) is 5.14. The van der Waals surface area contributed by atoms with Gasteiger partial charge < -0.3 is 14.7 Å². The summed E-state index contributed by atoms with van der Waals surface area (Å²) in [7, 11) is 3.91. The minimum absolute atomic E-state index is 0.167. The molecule has 0 saturated heterocycles. The molecular weight excluding hydrogens is 242 g/mol. The van der Waals surface area contributed by atoms with Crippen LogP contribution in [0.25, 0.3) is 0 Å². The Morgan fingerprint density at radius 3 is 2.32 bits per heavy atom. The summed E-state index contributed by atoms with van der Waals surface area (Å²) in [4.78, 5) is 14.1. The number of aryl methyl sites for hydroxylation is 2. The molecule has 5 heteroatoms. The van der Waals surface area contributed by atoms with E-state index in [1.54, 1.807) is 26.0 Å². The summed E-state index contributed by atoms with van der Waals surface area (Å²) in [6.07, 6.45) is 0. The highest BCUT2D eigenvalue weighted by molar-refractivity contribution is 6.04. The normalized spacial score (nSPS) is 10.3. The number of hydrogen-bond donors (Lipinski definition) is 1. The number of benzene rings is 1. The zero-order chi connectivity index (χ0) is 14.0. The molecular formula is C14H17N3O2. The number of amides is 1. The van der Waals surface area contributed by atoms with Gasteiger partial charge in [-0.1, -0.05) is 5.16 Å². The summed E-state index contributed by atoms with van der Waals surface area (Å²) in [5, 5.41) is 6.62. The quantitative estimate of drug-likeness (QED) is 0.920. The molecule has 19 heavy (non-hydrogen) atoms. The molecule has 1 heterocycles. The number of rotatable bonds is 3. The Hall–Kier alpha value is -2.30. The Kier molecular flexibility index (Phi) is 3.55. The molecule has 0 unspecified atom stereocenters. The van der Waals surface area contributed by atoms with E-state index in [-0.39, 0.29) is 5.91 Å². The Morgan fingerprint density at radius 1 is 1.21 bits per heavy atom. The van der Waals surface area contributed by atoms with Gasteiger partial charge in [-0.25, -0.2) is 0 Å². The number of anilines is 2. The van der Waals surface area contributed by atoms with Crippen LogP contribution >= 0.6 is 0 Å². The minimum atomic E-state index is -0.167. The largest absolute Gasteiger partial charge is 0.378 e. The lowest BCUT2D eigenvalue weighted by molar-refractivity contribution is 0.102. The first kappa shape index (κ1) is 13.1. The van der Waals surface area contributed by atoms with Crippen LogP contribution in [0, 0.1) is 13.8 Å². The van der Waals surface area contributed by atoms with Gasteiger partial charge >= 0.3 is 0 Å². The Balaban J connectivity index is 2.16. The van der Waals surface area contributed by atoms with Crippen molar-refractivity contribution in [3.8, 4) is 0 Å². The molecule has 0 saturated carbocycles. The van der Waals surface area contributed by atoms with Gasteiger partial charge in [0, 0.05) is 25.3 Å². The van der Waals surface area contributed by atoms with E-state index < -0.39 is 0 Å². The maximum absolute atomic E-state index is 12.1. The molecule has 1 amide bonds. The zero-order valence-electron chi connectivity index (χ0n) is 11.5. The van der Waals surface area contributed by atoms with Crippen LogP contribution in [0.4, 0.5) is 11.4 Å². The van der Waals surface area contributed by atoms with Gasteiger partial charge in [0.05, 0.1) is 0 Å². The van der Waals surface area contributed by atoms with Crippen LogP contribution in [0.15, 0.2) is 28.8 Å². The van der Waals surface area contributed by atoms with Gasteiger partial charge in [-0.3, -0.25) is 4.79 Å². The maximum Gasteiger partial charge on any atom is 0.255 e. The van der Waals surface area contributed by atoms with E-state index in [9.17, 15) is 4.79 Å². The summed E-state index contributed by atoms with van der Waals surface area (Å²) in [6.45, 7) is 3.56. The van der Waals surface area contributed by atoms with E-state index in [0.717, 1.165) is 5.69 Å². The topological polar surface area (TPSA) is 58.4 Å². The predicted molar refractivity (Wildman–Crippen MR) is 74.7 cm³/mol. The van der Waals surface area contributed by atoms with E-state index in [4.69, 9.17) is 4.52 Å². The lowest BCUT2D eigenvalue weighted by atomic mass is 10.2. The van der Waals surface area contributed by atoms with Crippen LogP contribution in [0.2, 0.25) is 0 Å². The molecule has 5 nitrogen and oxygen atoms in total. The highest BCUT2D eigenvalue weighted by atomic mass is 16.5. The molecule has 0 bridgehead atoms. The average Bonchev–Trinajstić information content (AvgIpc) is 2.70. The van der Waals surface area contributed by atoms with E-state index in [1.807, 2.05) is 31.1 Å². The highest BCUT2D eigenvalue weighted by Crippen LogP contribution is 2.20. The molecule has 0 aliphatic carbocycles. The summed E-state index contributed by atoms with van der Waals surface area (Å²) in [5.74, 6) is 0.440. The molecule has 0 fully saturated rings. The SMILES string of the molecule is Cc1noc(C)c1NC(=O)c1ccc(N(C)C)cc1. The molecule has 0 atom stereocenters. The molecule has 0 aliphatic heterocycles. The van der Waals surface area contributed by atoms with Crippen molar-refractivity contribution in [2.75, 3.05) is 24.3 Å². The number of carbonyl (C=O) groups is 1. The van der Waals surface area contributed by atoms with Crippen molar-refractivity contribution in [1.82, 2.24) is 5.16 Å². The first-order valence-corrected chi connectivity index (χ1v) is 6.00. The zero-order valence-corrected chi connectivity index (χ0v) is 11.5. The van der Waals surface area contributed by atoms with Crippen molar-refractivity contribution in [3.05, 3.63) is 41.3 Å². The highest BCUT2D eigenvalue weighted by Gasteiger charge is 2.13. The fraction of sp³-hybridized carbons (Fsp3) is 0.286. The van der Waals surface area contributed by atoms with Gasteiger partial charge in [0.2, 0.25) is 0 Å². The van der Waals surface area contributed by atoms with Crippen LogP contribution < -0.4 is 10.2 Å². The fourth-order valence-electron chi connectivity index (χ4n) is 1.76. The van der Waals surface area contributed by atoms with Crippen LogP contribution in [-0.2, 0) is 0 Å². The van der Waals surface area contributed by atoms with Crippen molar-refractivity contribution < 1.29 is 9.32 Å². The van der Waals surface area contributed by atoms with Gasteiger partial charge in [-0.05, 0) is 38.1 Å². The molecule has 1 N–H and O–H groups in total. The van der Waals surface area contributed by atoms with Crippen molar-refractivity contribution in [1.29, 1.82) is 0 Å². The monoisotopic (exact) mass is 259 g/mol. The number of nitrogens with zero attached hydrogens (tertiary/aromatic N) is 2. The molecule has 1 aromatic heterocycles. The number of carbonyl (C=O) groups excluding carboxylic acids is 1. The Bertz CT molecular complexity index is 566. The maximum atomic E-state index is 12.1. The third kappa shape index (κ3) is 2.76. The van der Waals surface area contributed by atoms with E-state index in [1.165, 1.54) is 0 Å². The lowest BCUT2D eigenvalue weighted by Crippen LogP contribution is -2.13. The van der Waals surface area contributed by atoms with Crippen molar-refractivity contribution in [2.45, 2.75) is 13.8 Å². The van der Waals surface area contributed by atoms with Crippen LogP contribution in [0.3, 0.4) is 0 Å². The first-order chi connectivity index (χ1) is 8.99. The fourth-order valence-corrected chi connectivity index (χ4v) is 1.76. The molecule has 1 aromatic carbocycles. The molecule has 100 valence electrons. The summed E-state index contributed by atoms with van der Waals surface area (Å²) < 4.78 is 5.01. The standard InChI is InChI=1S/C14H17N3O2/c1-9-13(10(2)19-16-9)15-14(18)11-5-7-12(8-6-11)17(3)4/h5-8H,1-4H3,(H,15,18). The van der Waals surface area contributed by atoms with Crippen LogP contribution in [-0.4, -0.2) is 25.2 Å². The van der Waals surface area contributed by atoms with E-state index >= 15 is 0 Å². The molecule has 2 aromatic rings. The number of nitrogens with one attached hydrogen (secondary N) is 1. The van der Waals surface area contributed by atoms with Gasteiger partial charge in [0.15, 0.2) is 5.76 Å². The smallest absolute Gasteiger partial charge is 0.255 e. The summed E-state index contributed by atoms with van der Waals surface area (Å²) >= 11 is 0. The van der Waals surface area contributed by atoms with E-state index in [2.05, 4.69) is 10.5 Å². The third-order valence-corrected chi connectivity index (χ3v) is 2.92. The third-order valence-electron chi connectivity index (χ3n) is 2.92. The minimum Gasteiger partial charge on any atom is -0.378 e. The lowest BCUT2D eigenvalue weighted by Gasteiger charge is -2.12. The van der Waals surface area contributed by atoms with Crippen molar-refractivity contribution in [2.24, 2.45) is 0 Å². The van der Waals surface area contributed by atoms with Crippen molar-refractivity contribution >= 4 is 17.3 Å².